The summed E-state index contributed by atoms with van der Waals surface area (Å²) in [6.07, 6.45) is 2.51. The van der Waals surface area contributed by atoms with E-state index < -0.39 is 21.9 Å². The number of hydrogen-bond donors (Lipinski definition) is 1. The van der Waals surface area contributed by atoms with Crippen molar-refractivity contribution in [2.45, 2.75) is 6.54 Å². The van der Waals surface area contributed by atoms with Crippen molar-refractivity contribution in [3.8, 4) is 0 Å². The van der Waals surface area contributed by atoms with E-state index in [-0.39, 0.29) is 17.8 Å². The zero-order chi connectivity index (χ0) is 23.8. The standard InChI is InChI=1S/C24H23N3O5S/c1-32-24(29)20-14-12-18(13-15-20)16-25-26-23(28)21-10-6-7-11-22(21)27(33(2,30)31)17-19-8-4-3-5-9-19/h3-16H,17H2,1-2H3,(H,26,28)/b25-16+. The lowest BCUT2D eigenvalue weighted by Gasteiger charge is -2.24. The molecule has 0 unspecified atom stereocenters. The van der Waals surface area contributed by atoms with E-state index in [1.165, 1.54) is 23.7 Å². The smallest absolute Gasteiger partial charge is 0.337 e. The Bertz CT molecular complexity index is 1260. The first-order valence-electron chi connectivity index (χ1n) is 9.92. The predicted molar refractivity (Wildman–Crippen MR) is 127 cm³/mol. The molecule has 3 aromatic carbocycles. The predicted octanol–water partition coefficient (Wildman–Crippen LogP) is 3.20. The average molecular weight is 466 g/mol. The summed E-state index contributed by atoms with van der Waals surface area (Å²) in [6, 6.07) is 22.0. The molecule has 3 rings (SSSR count). The van der Waals surface area contributed by atoms with Gasteiger partial charge in [-0.05, 0) is 35.4 Å². The van der Waals surface area contributed by atoms with Crippen LogP contribution in [0.5, 0.6) is 0 Å². The Balaban J connectivity index is 1.80. The minimum absolute atomic E-state index is 0.0831. The molecule has 1 N–H and O–H groups in total. The molecule has 0 aliphatic rings. The second-order valence-corrected chi connectivity index (χ2v) is 8.99. The largest absolute Gasteiger partial charge is 0.465 e. The molecule has 3 aromatic rings. The van der Waals surface area contributed by atoms with Gasteiger partial charge in [0.05, 0.1) is 42.9 Å². The average Bonchev–Trinajstić information content (AvgIpc) is 2.82. The maximum Gasteiger partial charge on any atom is 0.337 e. The van der Waals surface area contributed by atoms with Crippen LogP contribution < -0.4 is 9.73 Å². The van der Waals surface area contributed by atoms with Crippen LogP contribution in [0.4, 0.5) is 5.69 Å². The number of nitrogens with one attached hydrogen (secondary N) is 1. The van der Waals surface area contributed by atoms with Crippen LogP contribution in [-0.2, 0) is 21.3 Å². The highest BCUT2D eigenvalue weighted by Crippen LogP contribution is 2.25. The van der Waals surface area contributed by atoms with Crippen molar-refractivity contribution in [1.29, 1.82) is 0 Å². The number of amides is 1. The maximum absolute atomic E-state index is 12.8. The van der Waals surface area contributed by atoms with E-state index in [9.17, 15) is 18.0 Å². The van der Waals surface area contributed by atoms with Gasteiger partial charge in [-0.1, -0.05) is 54.6 Å². The van der Waals surface area contributed by atoms with E-state index >= 15 is 0 Å². The topological polar surface area (TPSA) is 105 Å². The van der Waals surface area contributed by atoms with Gasteiger partial charge < -0.3 is 4.74 Å². The molecule has 0 atom stereocenters. The number of benzene rings is 3. The van der Waals surface area contributed by atoms with Crippen molar-refractivity contribution in [3.63, 3.8) is 0 Å². The lowest BCUT2D eigenvalue weighted by atomic mass is 10.1. The van der Waals surface area contributed by atoms with Gasteiger partial charge in [0.25, 0.3) is 5.91 Å². The molecule has 0 saturated carbocycles. The second kappa shape index (κ2) is 10.6. The van der Waals surface area contributed by atoms with E-state index in [0.717, 1.165) is 11.8 Å². The molecule has 0 aliphatic heterocycles. The number of hydrogen-bond acceptors (Lipinski definition) is 6. The van der Waals surface area contributed by atoms with E-state index in [2.05, 4.69) is 15.3 Å². The van der Waals surface area contributed by atoms with Crippen LogP contribution in [0.1, 0.15) is 31.8 Å². The molecule has 8 nitrogen and oxygen atoms in total. The second-order valence-electron chi connectivity index (χ2n) is 7.09. The molecular weight excluding hydrogens is 442 g/mol. The first kappa shape index (κ1) is 23.7. The van der Waals surface area contributed by atoms with Crippen LogP contribution in [0.15, 0.2) is 84.0 Å². The van der Waals surface area contributed by atoms with Gasteiger partial charge in [0.2, 0.25) is 10.0 Å². The van der Waals surface area contributed by atoms with Crippen LogP contribution in [-0.4, -0.2) is 39.9 Å². The van der Waals surface area contributed by atoms with Crippen LogP contribution in [0.3, 0.4) is 0 Å². The lowest BCUT2D eigenvalue weighted by molar-refractivity contribution is 0.0600. The first-order valence-corrected chi connectivity index (χ1v) is 11.8. The molecular formula is C24H23N3O5S. The minimum Gasteiger partial charge on any atom is -0.465 e. The van der Waals surface area contributed by atoms with E-state index in [0.29, 0.717) is 11.1 Å². The van der Waals surface area contributed by atoms with E-state index in [4.69, 9.17) is 0 Å². The SMILES string of the molecule is COC(=O)c1ccc(/C=N/NC(=O)c2ccccc2N(Cc2ccccc2)S(C)(=O)=O)cc1. The van der Waals surface area contributed by atoms with E-state index in [1.807, 2.05) is 30.3 Å². The zero-order valence-electron chi connectivity index (χ0n) is 18.1. The zero-order valence-corrected chi connectivity index (χ0v) is 19.0. The Morgan fingerprint density at radius 2 is 1.61 bits per heavy atom. The monoisotopic (exact) mass is 465 g/mol. The number of anilines is 1. The summed E-state index contributed by atoms with van der Waals surface area (Å²) < 4.78 is 30.9. The van der Waals surface area contributed by atoms with Crippen molar-refractivity contribution < 1.29 is 22.7 Å². The number of nitrogens with zero attached hydrogens (tertiary/aromatic N) is 2. The number of sulfonamides is 1. The third kappa shape index (κ3) is 6.27. The summed E-state index contributed by atoms with van der Waals surface area (Å²) in [5.41, 5.74) is 4.67. The van der Waals surface area contributed by atoms with E-state index in [1.54, 1.807) is 42.5 Å². The van der Waals surface area contributed by atoms with Crippen molar-refractivity contribution in [1.82, 2.24) is 5.43 Å². The molecule has 1 amide bonds. The molecule has 0 fully saturated rings. The quantitative estimate of drug-likeness (QED) is 0.312. The van der Waals surface area contributed by atoms with Crippen LogP contribution >= 0.6 is 0 Å². The highest BCUT2D eigenvalue weighted by Gasteiger charge is 2.23. The number of ether oxygens (including phenoxy) is 1. The molecule has 33 heavy (non-hydrogen) atoms. The fourth-order valence-electron chi connectivity index (χ4n) is 3.06. The Kier molecular flexibility index (Phi) is 7.57. The summed E-state index contributed by atoms with van der Waals surface area (Å²) in [4.78, 5) is 24.3. The van der Waals surface area contributed by atoms with Gasteiger partial charge in [0.15, 0.2) is 0 Å². The van der Waals surface area contributed by atoms with Crippen LogP contribution in [0.25, 0.3) is 0 Å². The van der Waals surface area contributed by atoms with Gasteiger partial charge in [0, 0.05) is 0 Å². The fourth-order valence-corrected chi connectivity index (χ4v) is 3.96. The van der Waals surface area contributed by atoms with Gasteiger partial charge >= 0.3 is 5.97 Å². The van der Waals surface area contributed by atoms with Crippen molar-refractivity contribution in [3.05, 3.63) is 101 Å². The maximum atomic E-state index is 12.8. The normalized spacial score (nSPS) is 11.2. The molecule has 0 aliphatic carbocycles. The Morgan fingerprint density at radius 3 is 2.24 bits per heavy atom. The third-order valence-electron chi connectivity index (χ3n) is 4.70. The molecule has 9 heteroatoms. The Hall–Kier alpha value is -3.98. The first-order chi connectivity index (χ1) is 15.8. The summed E-state index contributed by atoms with van der Waals surface area (Å²) in [5.74, 6) is -1.01. The molecule has 0 saturated heterocycles. The number of para-hydroxylation sites is 1. The number of hydrazone groups is 1. The van der Waals surface area contributed by atoms with Crippen molar-refractivity contribution in [2.75, 3.05) is 17.7 Å². The summed E-state index contributed by atoms with van der Waals surface area (Å²) >= 11 is 0. The number of rotatable bonds is 8. The van der Waals surface area contributed by atoms with Crippen molar-refractivity contribution in [2.24, 2.45) is 5.10 Å². The number of carbonyl (C=O) groups excluding carboxylic acids is 2. The Morgan fingerprint density at radius 1 is 0.970 bits per heavy atom. The minimum atomic E-state index is -3.67. The van der Waals surface area contributed by atoms with Crippen molar-refractivity contribution >= 4 is 33.8 Å². The van der Waals surface area contributed by atoms with Gasteiger partial charge in [-0.25, -0.2) is 18.6 Å². The van der Waals surface area contributed by atoms with Gasteiger partial charge in [-0.3, -0.25) is 9.10 Å². The van der Waals surface area contributed by atoms with Gasteiger partial charge in [-0.2, -0.15) is 5.10 Å². The van der Waals surface area contributed by atoms with Crippen LogP contribution in [0.2, 0.25) is 0 Å². The summed E-state index contributed by atoms with van der Waals surface area (Å²) in [5, 5.41) is 3.95. The molecule has 0 aromatic heterocycles. The van der Waals surface area contributed by atoms with Crippen LogP contribution in [0, 0.1) is 0 Å². The molecule has 0 bridgehead atoms. The van der Waals surface area contributed by atoms with Gasteiger partial charge in [0.1, 0.15) is 0 Å². The molecule has 170 valence electrons. The summed E-state index contributed by atoms with van der Waals surface area (Å²) in [6.45, 7) is 0.0831. The summed E-state index contributed by atoms with van der Waals surface area (Å²) in [7, 11) is -2.37. The molecule has 0 heterocycles. The highest BCUT2D eigenvalue weighted by atomic mass is 32.2. The van der Waals surface area contributed by atoms with Gasteiger partial charge in [-0.15, -0.1) is 0 Å². The lowest BCUT2D eigenvalue weighted by Crippen LogP contribution is -2.32. The molecule has 0 radical (unpaired) electrons. The number of carbonyl (C=O) groups is 2. The number of methoxy groups -OCH3 is 1. The fraction of sp³-hybridized carbons (Fsp3) is 0.125. The molecule has 0 spiro atoms. The highest BCUT2D eigenvalue weighted by molar-refractivity contribution is 7.92. The third-order valence-corrected chi connectivity index (χ3v) is 5.82. The Labute approximate surface area is 192 Å². The number of esters is 1.